The minimum Gasteiger partial charge on any atom is -0.493 e. The van der Waals surface area contributed by atoms with Crippen molar-refractivity contribution in [3.05, 3.63) is 33.8 Å². The molecule has 1 N–H and O–H groups in total. The maximum Gasteiger partial charge on any atom is 0.216 e. The van der Waals surface area contributed by atoms with Crippen LogP contribution in [0.15, 0.2) is 23.6 Å². The zero-order valence-electron chi connectivity index (χ0n) is 11.0. The number of H-pyrrole nitrogens is 1. The number of halogens is 1. The Labute approximate surface area is 126 Å². The topological polar surface area (TPSA) is 64.4 Å². The molecule has 0 aliphatic carbocycles. The molecule has 0 bridgehead atoms. The number of nitrogens with one attached hydrogen (secondary N) is 1. The van der Waals surface area contributed by atoms with E-state index in [0.717, 1.165) is 5.56 Å². The molecular formula is C12H13ClN4O2S. The molecule has 1 aromatic carbocycles. The van der Waals surface area contributed by atoms with Crippen LogP contribution in [0.4, 0.5) is 0 Å². The van der Waals surface area contributed by atoms with Crippen molar-refractivity contribution in [1.82, 2.24) is 14.9 Å². The maximum atomic E-state index is 6.17. The second kappa shape index (κ2) is 6.53. The largest absolute Gasteiger partial charge is 0.493 e. The Balaban J connectivity index is 2.34. The predicted octanol–water partition coefficient (Wildman–Crippen LogP) is 2.88. The highest BCUT2D eigenvalue weighted by Gasteiger charge is 2.10. The summed E-state index contributed by atoms with van der Waals surface area (Å²) in [6.45, 7) is 2.39. The standard InChI is InChI=1S/C12H13ClN4O2S/c1-3-19-11-9(13)4-8(5-10(11)18-2)6-15-17-7-14-16-12(17)20/h4-7H,3H2,1-2H3,(H,16,20)/b15-6-. The van der Waals surface area contributed by atoms with Gasteiger partial charge in [0, 0.05) is 0 Å². The zero-order valence-corrected chi connectivity index (χ0v) is 12.5. The fraction of sp³-hybridized carbons (Fsp3) is 0.250. The van der Waals surface area contributed by atoms with E-state index >= 15 is 0 Å². The molecular weight excluding hydrogens is 300 g/mol. The molecule has 0 saturated carbocycles. The van der Waals surface area contributed by atoms with Crippen LogP contribution < -0.4 is 9.47 Å². The van der Waals surface area contributed by atoms with Crippen LogP contribution in [-0.2, 0) is 0 Å². The molecule has 0 fully saturated rings. The summed E-state index contributed by atoms with van der Waals surface area (Å²) >= 11 is 11.2. The maximum absolute atomic E-state index is 6.17. The third kappa shape index (κ3) is 3.17. The van der Waals surface area contributed by atoms with Gasteiger partial charge in [-0.15, -0.1) is 0 Å². The van der Waals surface area contributed by atoms with E-state index in [1.807, 2.05) is 6.92 Å². The monoisotopic (exact) mass is 312 g/mol. The number of hydrogen-bond donors (Lipinski definition) is 1. The van der Waals surface area contributed by atoms with Crippen molar-refractivity contribution in [1.29, 1.82) is 0 Å². The Hall–Kier alpha value is -1.86. The van der Waals surface area contributed by atoms with Gasteiger partial charge in [-0.05, 0) is 36.8 Å². The molecule has 0 atom stereocenters. The summed E-state index contributed by atoms with van der Waals surface area (Å²) in [4.78, 5) is 0. The van der Waals surface area contributed by atoms with Gasteiger partial charge in [0.25, 0.3) is 0 Å². The highest BCUT2D eigenvalue weighted by atomic mass is 35.5. The Morgan fingerprint density at radius 2 is 2.35 bits per heavy atom. The Morgan fingerprint density at radius 1 is 1.55 bits per heavy atom. The number of ether oxygens (including phenoxy) is 2. The summed E-state index contributed by atoms with van der Waals surface area (Å²) in [6, 6.07) is 3.52. The van der Waals surface area contributed by atoms with Crippen LogP contribution in [0.2, 0.25) is 5.02 Å². The van der Waals surface area contributed by atoms with Crippen LogP contribution in [0, 0.1) is 4.77 Å². The van der Waals surface area contributed by atoms with E-state index in [9.17, 15) is 0 Å². The average molecular weight is 313 g/mol. The van der Waals surface area contributed by atoms with Gasteiger partial charge in [0.2, 0.25) is 4.77 Å². The molecule has 20 heavy (non-hydrogen) atoms. The van der Waals surface area contributed by atoms with Crippen molar-refractivity contribution in [3.8, 4) is 11.5 Å². The lowest BCUT2D eigenvalue weighted by Gasteiger charge is -2.11. The van der Waals surface area contributed by atoms with Crippen molar-refractivity contribution in [3.63, 3.8) is 0 Å². The summed E-state index contributed by atoms with van der Waals surface area (Å²) in [5, 5.41) is 11.0. The third-order valence-electron chi connectivity index (χ3n) is 2.41. The van der Waals surface area contributed by atoms with Crippen molar-refractivity contribution < 1.29 is 9.47 Å². The number of aromatic nitrogens is 3. The van der Waals surface area contributed by atoms with Crippen molar-refractivity contribution >= 4 is 30.0 Å². The Bertz CT molecular complexity index is 680. The quantitative estimate of drug-likeness (QED) is 0.681. The lowest BCUT2D eigenvalue weighted by Crippen LogP contribution is -1.98. The first-order chi connectivity index (χ1) is 9.65. The smallest absolute Gasteiger partial charge is 0.216 e. The molecule has 106 valence electrons. The molecule has 2 aromatic rings. The first-order valence-electron chi connectivity index (χ1n) is 5.82. The molecule has 0 saturated heterocycles. The fourth-order valence-corrected chi connectivity index (χ4v) is 1.97. The van der Waals surface area contributed by atoms with E-state index in [-0.39, 0.29) is 0 Å². The summed E-state index contributed by atoms with van der Waals surface area (Å²) in [5.74, 6) is 1.07. The molecule has 0 amide bonds. The van der Waals surface area contributed by atoms with Gasteiger partial charge in [-0.25, -0.2) is 0 Å². The predicted molar refractivity (Wildman–Crippen MR) is 79.6 cm³/mol. The summed E-state index contributed by atoms with van der Waals surface area (Å²) in [6.07, 6.45) is 3.09. The molecule has 0 unspecified atom stereocenters. The van der Waals surface area contributed by atoms with Crippen LogP contribution in [0.25, 0.3) is 0 Å². The number of benzene rings is 1. The van der Waals surface area contributed by atoms with Crippen LogP contribution in [0.1, 0.15) is 12.5 Å². The number of hydrogen-bond acceptors (Lipinski definition) is 5. The summed E-state index contributed by atoms with van der Waals surface area (Å²) < 4.78 is 12.6. The molecule has 0 spiro atoms. The molecule has 1 heterocycles. The van der Waals surface area contributed by atoms with Crippen LogP contribution in [0.3, 0.4) is 0 Å². The van der Waals surface area contributed by atoms with Crippen LogP contribution in [0.5, 0.6) is 11.5 Å². The Kier molecular flexibility index (Phi) is 4.75. The average Bonchev–Trinajstić information content (AvgIpc) is 2.84. The lowest BCUT2D eigenvalue weighted by atomic mass is 10.2. The SMILES string of the molecule is CCOc1c(Cl)cc(/C=N\n2cn[nH]c2=S)cc1OC. The van der Waals surface area contributed by atoms with Gasteiger partial charge in [0.1, 0.15) is 6.33 Å². The molecule has 2 rings (SSSR count). The van der Waals surface area contributed by atoms with Gasteiger partial charge in [0.05, 0.1) is 25.0 Å². The van der Waals surface area contributed by atoms with Crippen LogP contribution >= 0.6 is 23.8 Å². The van der Waals surface area contributed by atoms with E-state index < -0.39 is 0 Å². The van der Waals surface area contributed by atoms with Crippen molar-refractivity contribution in [2.24, 2.45) is 5.10 Å². The second-order valence-corrected chi connectivity index (χ2v) is 4.51. The van der Waals surface area contributed by atoms with E-state index in [4.69, 9.17) is 33.3 Å². The van der Waals surface area contributed by atoms with E-state index in [1.165, 1.54) is 11.0 Å². The molecule has 0 radical (unpaired) electrons. The van der Waals surface area contributed by atoms with Gasteiger partial charge in [0.15, 0.2) is 11.5 Å². The van der Waals surface area contributed by atoms with E-state index in [2.05, 4.69) is 15.3 Å². The number of rotatable bonds is 5. The summed E-state index contributed by atoms with van der Waals surface area (Å²) in [7, 11) is 1.56. The first kappa shape index (κ1) is 14.5. The van der Waals surface area contributed by atoms with Crippen molar-refractivity contribution in [2.45, 2.75) is 6.92 Å². The van der Waals surface area contributed by atoms with E-state index in [0.29, 0.717) is 27.9 Å². The minimum atomic E-state index is 0.408. The molecule has 1 aromatic heterocycles. The zero-order chi connectivity index (χ0) is 14.5. The fourth-order valence-electron chi connectivity index (χ4n) is 1.55. The van der Waals surface area contributed by atoms with Crippen LogP contribution in [-0.4, -0.2) is 34.8 Å². The number of aromatic amines is 1. The number of nitrogens with zero attached hydrogens (tertiary/aromatic N) is 3. The van der Waals surface area contributed by atoms with Gasteiger partial charge >= 0.3 is 0 Å². The molecule has 0 aliphatic heterocycles. The van der Waals surface area contributed by atoms with Gasteiger partial charge in [-0.2, -0.15) is 14.9 Å². The van der Waals surface area contributed by atoms with Crippen molar-refractivity contribution in [2.75, 3.05) is 13.7 Å². The van der Waals surface area contributed by atoms with Gasteiger partial charge in [-0.3, -0.25) is 5.10 Å². The minimum absolute atomic E-state index is 0.408. The summed E-state index contributed by atoms with van der Waals surface area (Å²) in [5.41, 5.74) is 0.762. The lowest BCUT2D eigenvalue weighted by molar-refractivity contribution is 0.311. The number of methoxy groups -OCH3 is 1. The highest BCUT2D eigenvalue weighted by Crippen LogP contribution is 2.35. The third-order valence-corrected chi connectivity index (χ3v) is 2.97. The molecule has 6 nitrogen and oxygen atoms in total. The Morgan fingerprint density at radius 3 is 2.95 bits per heavy atom. The normalized spacial score (nSPS) is 10.9. The van der Waals surface area contributed by atoms with E-state index in [1.54, 1.807) is 25.5 Å². The second-order valence-electron chi connectivity index (χ2n) is 3.72. The van der Waals surface area contributed by atoms with Gasteiger partial charge < -0.3 is 9.47 Å². The first-order valence-corrected chi connectivity index (χ1v) is 6.61. The molecule has 0 aliphatic rings. The van der Waals surface area contributed by atoms with Gasteiger partial charge in [-0.1, -0.05) is 11.6 Å². The highest BCUT2D eigenvalue weighted by molar-refractivity contribution is 7.71. The molecule has 8 heteroatoms.